The molecule has 0 bridgehead atoms. The van der Waals surface area contributed by atoms with Gasteiger partial charge in [0.25, 0.3) is 11.8 Å². The van der Waals surface area contributed by atoms with Crippen molar-refractivity contribution in [2.45, 2.75) is 45.2 Å². The van der Waals surface area contributed by atoms with Crippen molar-refractivity contribution in [3.05, 3.63) is 80.7 Å². The third-order valence-electron chi connectivity index (χ3n) is 7.41. The van der Waals surface area contributed by atoms with Gasteiger partial charge in [-0.15, -0.1) is 0 Å². The number of benzene rings is 3. The zero-order valence-corrected chi connectivity index (χ0v) is 23.4. The number of nitrogens with zero attached hydrogens (tertiary/aromatic N) is 2. The lowest BCUT2D eigenvalue weighted by Crippen LogP contribution is -2.34. The maximum Gasteiger partial charge on any atom is 0.254 e. The van der Waals surface area contributed by atoms with E-state index in [-0.39, 0.29) is 17.9 Å². The fraction of sp³-hybridized carbons (Fsp3) is 0.300. The average molecular weight is 620 g/mol. The summed E-state index contributed by atoms with van der Waals surface area (Å²) in [4.78, 5) is 35.9. The number of fused-ring (bicyclic) bond motifs is 2. The minimum Gasteiger partial charge on any atom is -0.491 e. The molecule has 3 aromatic carbocycles. The van der Waals surface area contributed by atoms with Crippen molar-refractivity contribution < 1.29 is 14.3 Å². The number of carbonyl (C=O) groups is 2. The van der Waals surface area contributed by atoms with Crippen LogP contribution in [0.15, 0.2) is 54.6 Å². The lowest BCUT2D eigenvalue weighted by atomic mass is 10.0. The molecule has 2 aliphatic rings. The maximum atomic E-state index is 13.5. The zero-order chi connectivity index (χ0) is 26.2. The van der Waals surface area contributed by atoms with Crippen molar-refractivity contribution in [1.29, 1.82) is 0 Å². The fourth-order valence-corrected chi connectivity index (χ4v) is 6.17. The van der Waals surface area contributed by atoms with Crippen LogP contribution in [-0.2, 0) is 6.54 Å². The highest BCUT2D eigenvalue weighted by atomic mass is 127. The van der Waals surface area contributed by atoms with Gasteiger partial charge in [-0.2, -0.15) is 0 Å². The third kappa shape index (κ3) is 5.01. The molecular formula is C30H29IN4O3. The summed E-state index contributed by atoms with van der Waals surface area (Å²) in [6.07, 6.45) is 4.41. The summed E-state index contributed by atoms with van der Waals surface area (Å²) in [6, 6.07) is 17.9. The molecule has 1 aliphatic carbocycles. The van der Waals surface area contributed by atoms with Gasteiger partial charge in [-0.1, -0.05) is 25.0 Å². The quantitative estimate of drug-likeness (QED) is 0.281. The van der Waals surface area contributed by atoms with Crippen LogP contribution in [0.5, 0.6) is 5.75 Å². The molecule has 1 aliphatic heterocycles. The van der Waals surface area contributed by atoms with Crippen molar-refractivity contribution in [1.82, 2.24) is 20.2 Å². The second-order valence-corrected chi connectivity index (χ2v) is 11.3. The number of rotatable bonds is 4. The molecule has 0 atom stereocenters. The Balaban J connectivity index is 1.21. The summed E-state index contributed by atoms with van der Waals surface area (Å²) < 4.78 is 6.78. The molecular weight excluding hydrogens is 591 g/mol. The Hall–Kier alpha value is -3.40. The molecule has 1 fully saturated rings. The van der Waals surface area contributed by atoms with Crippen LogP contribution in [0.3, 0.4) is 0 Å². The highest BCUT2D eigenvalue weighted by molar-refractivity contribution is 14.1. The molecule has 0 radical (unpaired) electrons. The van der Waals surface area contributed by atoms with E-state index in [0.717, 1.165) is 55.7 Å². The van der Waals surface area contributed by atoms with Crippen molar-refractivity contribution in [2.24, 2.45) is 0 Å². The average Bonchev–Trinajstić information content (AvgIpc) is 3.50. The summed E-state index contributed by atoms with van der Waals surface area (Å²) in [5.41, 5.74) is 6.24. The van der Waals surface area contributed by atoms with Crippen LogP contribution in [-0.4, -0.2) is 45.9 Å². The number of aromatic nitrogens is 2. The van der Waals surface area contributed by atoms with Gasteiger partial charge >= 0.3 is 0 Å². The Labute approximate surface area is 235 Å². The van der Waals surface area contributed by atoms with Gasteiger partial charge in [0.05, 0.1) is 23.1 Å². The van der Waals surface area contributed by atoms with Gasteiger partial charge < -0.3 is 19.9 Å². The van der Waals surface area contributed by atoms with Crippen LogP contribution in [0.1, 0.15) is 57.8 Å². The molecule has 8 heteroatoms. The largest absolute Gasteiger partial charge is 0.491 e. The number of hydrogen-bond acceptors (Lipinski definition) is 4. The molecule has 38 heavy (non-hydrogen) atoms. The topological polar surface area (TPSA) is 87.3 Å². The smallest absolute Gasteiger partial charge is 0.254 e. The molecule has 6 rings (SSSR count). The Morgan fingerprint density at radius 3 is 2.66 bits per heavy atom. The van der Waals surface area contributed by atoms with E-state index in [9.17, 15) is 9.59 Å². The number of ether oxygens (including phenoxy) is 1. The minimum absolute atomic E-state index is 0.0617. The predicted molar refractivity (Wildman–Crippen MR) is 155 cm³/mol. The number of aromatic amines is 1. The first kappa shape index (κ1) is 24.9. The van der Waals surface area contributed by atoms with Crippen molar-refractivity contribution >= 4 is 45.4 Å². The standard InChI is InChI=1S/C30H29IN4O3/c1-18-32-26-10-7-20(16-27(26)33-18)19-8-11-28-22(14-19)17-35(12-13-38-28)30(37)21-6-9-24(25(31)15-21)29(36)34-23-4-2-3-5-23/h6-11,14-16,23H,2-5,12-13,17H2,1H3,(H,32,33)(H,34,36). The molecule has 1 saturated carbocycles. The van der Waals surface area contributed by atoms with Crippen LogP contribution in [0, 0.1) is 10.5 Å². The lowest BCUT2D eigenvalue weighted by Gasteiger charge is -2.21. The SMILES string of the molecule is Cc1nc2ccc(-c3ccc4c(c3)CN(C(=O)c3ccc(C(=O)NC5CCCC5)c(I)c3)CCO4)cc2[nH]1. The Bertz CT molecular complexity index is 1540. The van der Waals surface area contributed by atoms with E-state index in [2.05, 4.69) is 62.1 Å². The number of nitrogens with one attached hydrogen (secondary N) is 2. The second-order valence-electron chi connectivity index (χ2n) is 10.1. The molecule has 2 amide bonds. The number of amides is 2. The molecule has 1 aromatic heterocycles. The van der Waals surface area contributed by atoms with Crippen LogP contribution < -0.4 is 10.1 Å². The number of imidazole rings is 1. The zero-order valence-electron chi connectivity index (χ0n) is 21.2. The molecule has 194 valence electrons. The number of carbonyl (C=O) groups excluding carboxylic acids is 2. The van der Waals surface area contributed by atoms with Crippen molar-refractivity contribution in [3.8, 4) is 16.9 Å². The van der Waals surface area contributed by atoms with Gasteiger partial charge in [0.15, 0.2) is 0 Å². The molecule has 2 heterocycles. The van der Waals surface area contributed by atoms with Crippen molar-refractivity contribution in [3.63, 3.8) is 0 Å². The van der Waals surface area contributed by atoms with Gasteiger partial charge in [0.1, 0.15) is 18.2 Å². The van der Waals surface area contributed by atoms with E-state index in [4.69, 9.17) is 4.74 Å². The van der Waals surface area contributed by atoms with E-state index < -0.39 is 0 Å². The molecule has 0 unspecified atom stereocenters. The van der Waals surface area contributed by atoms with Crippen LogP contribution in [0.4, 0.5) is 0 Å². The molecule has 7 nitrogen and oxygen atoms in total. The maximum absolute atomic E-state index is 13.5. The summed E-state index contributed by atoms with van der Waals surface area (Å²) in [5.74, 6) is 1.56. The number of H-pyrrole nitrogens is 1. The van der Waals surface area contributed by atoms with Crippen LogP contribution in [0.2, 0.25) is 0 Å². The molecule has 0 saturated heterocycles. The van der Waals surface area contributed by atoms with Gasteiger partial charge in [0, 0.05) is 27.3 Å². The predicted octanol–water partition coefficient (Wildman–Crippen LogP) is 5.85. The third-order valence-corrected chi connectivity index (χ3v) is 8.30. The van der Waals surface area contributed by atoms with E-state index >= 15 is 0 Å². The first-order chi connectivity index (χ1) is 18.4. The monoisotopic (exact) mass is 620 g/mol. The van der Waals surface area contributed by atoms with Gasteiger partial charge in [-0.3, -0.25) is 9.59 Å². The molecule has 4 aromatic rings. The van der Waals surface area contributed by atoms with E-state index in [0.29, 0.717) is 30.8 Å². The number of aryl methyl sites for hydroxylation is 1. The van der Waals surface area contributed by atoms with Gasteiger partial charge in [-0.25, -0.2) is 4.98 Å². The summed E-state index contributed by atoms with van der Waals surface area (Å²) in [7, 11) is 0. The van der Waals surface area contributed by atoms with Crippen LogP contribution in [0.25, 0.3) is 22.2 Å². The lowest BCUT2D eigenvalue weighted by molar-refractivity contribution is 0.0732. The van der Waals surface area contributed by atoms with E-state index in [1.165, 1.54) is 12.8 Å². The highest BCUT2D eigenvalue weighted by Gasteiger charge is 2.24. The fourth-order valence-electron chi connectivity index (χ4n) is 5.41. The Morgan fingerprint density at radius 1 is 1.05 bits per heavy atom. The molecule has 2 N–H and O–H groups in total. The number of hydrogen-bond donors (Lipinski definition) is 2. The Morgan fingerprint density at radius 2 is 1.84 bits per heavy atom. The molecule has 0 spiro atoms. The first-order valence-corrected chi connectivity index (χ1v) is 14.1. The first-order valence-electron chi connectivity index (χ1n) is 13.1. The second kappa shape index (κ2) is 10.4. The van der Waals surface area contributed by atoms with Gasteiger partial charge in [0.2, 0.25) is 0 Å². The van der Waals surface area contributed by atoms with Gasteiger partial charge in [-0.05, 0) is 95.9 Å². The number of halogens is 1. The summed E-state index contributed by atoms with van der Waals surface area (Å²) >= 11 is 2.15. The van der Waals surface area contributed by atoms with Crippen LogP contribution >= 0.6 is 22.6 Å². The normalized spacial score (nSPS) is 15.7. The summed E-state index contributed by atoms with van der Waals surface area (Å²) in [5, 5.41) is 3.14. The Kier molecular flexibility index (Phi) is 6.82. The van der Waals surface area contributed by atoms with Crippen molar-refractivity contribution in [2.75, 3.05) is 13.2 Å². The van der Waals surface area contributed by atoms with E-state index in [1.807, 2.05) is 30.0 Å². The van der Waals surface area contributed by atoms with E-state index in [1.54, 1.807) is 12.1 Å². The minimum atomic E-state index is -0.0677. The summed E-state index contributed by atoms with van der Waals surface area (Å²) in [6.45, 7) is 3.32. The highest BCUT2D eigenvalue weighted by Crippen LogP contribution is 2.31.